The molecule has 0 aliphatic carbocycles. The third kappa shape index (κ3) is 2.91. The molecular formula is C13H14N2O4S2. The highest BCUT2D eigenvalue weighted by atomic mass is 32.2. The van der Waals surface area contributed by atoms with Crippen LogP contribution in [0.4, 0.5) is 5.69 Å². The van der Waals surface area contributed by atoms with Gasteiger partial charge in [0.1, 0.15) is 0 Å². The monoisotopic (exact) mass is 326 g/mol. The fourth-order valence-corrected chi connectivity index (χ4v) is 4.54. The summed E-state index contributed by atoms with van der Waals surface area (Å²) in [5.41, 5.74) is 1.67. The predicted octanol–water partition coefficient (Wildman–Crippen LogP) is 2.14. The van der Waals surface area contributed by atoms with Crippen molar-refractivity contribution >= 4 is 33.0 Å². The van der Waals surface area contributed by atoms with Crippen molar-refractivity contribution in [3.63, 3.8) is 0 Å². The molecule has 0 unspecified atom stereocenters. The largest absolute Gasteiger partial charge is 0.464 e. The van der Waals surface area contributed by atoms with Gasteiger partial charge in [-0.15, -0.1) is 11.3 Å². The highest BCUT2D eigenvalue weighted by Gasteiger charge is 2.31. The predicted molar refractivity (Wildman–Crippen MR) is 80.1 cm³/mol. The van der Waals surface area contributed by atoms with E-state index in [1.807, 2.05) is 0 Å². The van der Waals surface area contributed by atoms with Crippen LogP contribution < -0.4 is 4.31 Å². The second-order valence-corrected chi connectivity index (χ2v) is 6.90. The summed E-state index contributed by atoms with van der Waals surface area (Å²) in [4.78, 5) is 15.4. The molecule has 0 aliphatic heterocycles. The zero-order valence-corrected chi connectivity index (χ0v) is 13.1. The van der Waals surface area contributed by atoms with Gasteiger partial charge in [-0.25, -0.2) is 18.2 Å². The van der Waals surface area contributed by atoms with Gasteiger partial charge in [-0.3, -0.25) is 4.31 Å². The van der Waals surface area contributed by atoms with Crippen LogP contribution in [0.2, 0.25) is 0 Å². The average molecular weight is 326 g/mol. The lowest BCUT2D eigenvalue weighted by Gasteiger charge is -2.22. The average Bonchev–Trinajstić information content (AvgIpc) is 2.98. The molecule has 0 saturated heterocycles. The van der Waals surface area contributed by atoms with E-state index in [1.54, 1.807) is 37.3 Å². The first-order chi connectivity index (χ1) is 10.0. The molecule has 2 aromatic rings. The number of rotatable bonds is 5. The summed E-state index contributed by atoms with van der Waals surface area (Å²) in [5.74, 6) is -0.765. The number of thiazole rings is 1. The van der Waals surface area contributed by atoms with E-state index in [-0.39, 0.29) is 16.4 Å². The van der Waals surface area contributed by atoms with Crippen LogP contribution in [-0.4, -0.2) is 33.0 Å². The third-order valence-electron chi connectivity index (χ3n) is 2.77. The Labute approximate surface area is 127 Å². The number of hydrogen-bond donors (Lipinski definition) is 0. The number of carbonyl (C=O) groups excluding carboxylic acids is 1. The molecule has 1 aromatic carbocycles. The van der Waals surface area contributed by atoms with Gasteiger partial charge < -0.3 is 4.74 Å². The van der Waals surface area contributed by atoms with Gasteiger partial charge in [-0.05, 0) is 19.1 Å². The molecule has 0 atom stereocenters. The molecule has 0 bridgehead atoms. The van der Waals surface area contributed by atoms with Crippen molar-refractivity contribution in [2.45, 2.75) is 11.1 Å². The van der Waals surface area contributed by atoms with Gasteiger partial charge >= 0.3 is 5.97 Å². The molecule has 0 radical (unpaired) electrons. The molecule has 2 rings (SSSR count). The lowest BCUT2D eigenvalue weighted by atomic mass is 10.3. The Balaban J connectivity index is 2.51. The number of esters is 1. The Morgan fingerprint density at radius 2 is 2.00 bits per heavy atom. The topological polar surface area (TPSA) is 76.6 Å². The Kier molecular flexibility index (Phi) is 4.59. The van der Waals surface area contributed by atoms with Crippen molar-refractivity contribution in [2.75, 3.05) is 18.0 Å². The van der Waals surface area contributed by atoms with Crippen molar-refractivity contribution in [3.05, 3.63) is 41.5 Å². The molecule has 6 nitrogen and oxygen atoms in total. The Hall–Kier alpha value is -1.93. The number of nitrogens with zero attached hydrogens (tertiary/aromatic N) is 2. The smallest absolute Gasteiger partial charge is 0.358 e. The second-order valence-electron chi connectivity index (χ2n) is 3.99. The van der Waals surface area contributed by atoms with Crippen molar-refractivity contribution in [2.24, 2.45) is 0 Å². The van der Waals surface area contributed by atoms with Gasteiger partial charge in [-0.2, -0.15) is 0 Å². The third-order valence-corrected chi connectivity index (χ3v) is 6.02. The molecule has 8 heteroatoms. The van der Waals surface area contributed by atoms with Gasteiger partial charge in [0.15, 0.2) is 9.90 Å². The number of carbonyl (C=O) groups is 1. The molecule has 0 N–H and O–H groups in total. The molecule has 21 heavy (non-hydrogen) atoms. The Bertz CT molecular complexity index is 726. The van der Waals surface area contributed by atoms with Crippen LogP contribution in [0.15, 0.2) is 40.1 Å². The van der Waals surface area contributed by atoms with Crippen molar-refractivity contribution < 1.29 is 17.9 Å². The summed E-state index contributed by atoms with van der Waals surface area (Å²) in [6, 6.07) is 8.69. The molecule has 0 fully saturated rings. The molecule has 1 aromatic heterocycles. The molecule has 0 spiro atoms. The minimum absolute atomic E-state index is 0.111. The maximum Gasteiger partial charge on any atom is 0.358 e. The number of aromatic nitrogens is 1. The first-order valence-electron chi connectivity index (χ1n) is 6.12. The SMILES string of the molecule is CCN(c1ccccc1)S(=O)(=O)c1scnc1C(=O)OC. The first kappa shape index (κ1) is 15.5. The lowest BCUT2D eigenvalue weighted by Crippen LogP contribution is -2.31. The molecule has 1 heterocycles. The molecular weight excluding hydrogens is 312 g/mol. The normalized spacial score (nSPS) is 11.1. The van der Waals surface area contributed by atoms with Gasteiger partial charge in [-0.1, -0.05) is 18.2 Å². The van der Waals surface area contributed by atoms with Crippen LogP contribution in [-0.2, 0) is 14.8 Å². The zero-order chi connectivity index (χ0) is 15.5. The van der Waals surface area contributed by atoms with E-state index in [2.05, 4.69) is 9.72 Å². The summed E-state index contributed by atoms with van der Waals surface area (Å²) in [5, 5.41) is 0. The maximum absolute atomic E-state index is 12.8. The van der Waals surface area contributed by atoms with Crippen LogP contribution in [0.5, 0.6) is 0 Å². The number of ether oxygens (including phenoxy) is 1. The van der Waals surface area contributed by atoms with E-state index in [4.69, 9.17) is 0 Å². The van der Waals surface area contributed by atoms with Crippen LogP contribution in [0.25, 0.3) is 0 Å². The second kappa shape index (κ2) is 6.23. The van der Waals surface area contributed by atoms with Crippen LogP contribution >= 0.6 is 11.3 Å². The highest BCUT2D eigenvalue weighted by Crippen LogP contribution is 2.28. The molecule has 0 aliphatic rings. The van der Waals surface area contributed by atoms with Gasteiger partial charge in [0, 0.05) is 6.54 Å². The molecule has 112 valence electrons. The Morgan fingerprint density at radius 3 is 2.57 bits per heavy atom. The number of para-hydroxylation sites is 1. The summed E-state index contributed by atoms with van der Waals surface area (Å²) in [7, 11) is -2.67. The number of benzene rings is 1. The van der Waals surface area contributed by atoms with Gasteiger partial charge in [0.05, 0.1) is 18.3 Å². The summed E-state index contributed by atoms with van der Waals surface area (Å²) in [6.07, 6.45) is 0. The lowest BCUT2D eigenvalue weighted by molar-refractivity contribution is 0.0590. The number of sulfonamides is 1. The summed E-state index contributed by atoms with van der Waals surface area (Å²) < 4.78 is 31.2. The fourth-order valence-electron chi connectivity index (χ4n) is 1.84. The van der Waals surface area contributed by atoms with Crippen molar-refractivity contribution in [3.8, 4) is 0 Å². The van der Waals surface area contributed by atoms with Crippen LogP contribution in [0.3, 0.4) is 0 Å². The van der Waals surface area contributed by atoms with Crippen molar-refractivity contribution in [1.29, 1.82) is 0 Å². The molecule has 0 saturated carbocycles. The van der Waals surface area contributed by atoms with E-state index in [0.29, 0.717) is 5.69 Å². The van der Waals surface area contributed by atoms with Gasteiger partial charge in [0.2, 0.25) is 0 Å². The van der Waals surface area contributed by atoms with E-state index in [9.17, 15) is 13.2 Å². The Morgan fingerprint density at radius 1 is 1.33 bits per heavy atom. The highest BCUT2D eigenvalue weighted by molar-refractivity contribution is 7.94. The number of hydrogen-bond acceptors (Lipinski definition) is 6. The van der Waals surface area contributed by atoms with E-state index in [0.717, 1.165) is 11.3 Å². The van der Waals surface area contributed by atoms with E-state index < -0.39 is 16.0 Å². The fraction of sp³-hybridized carbons (Fsp3) is 0.231. The zero-order valence-electron chi connectivity index (χ0n) is 11.5. The summed E-state index contributed by atoms with van der Waals surface area (Å²) >= 11 is 0.897. The standard InChI is InChI=1S/C13H14N2O4S2/c1-3-15(10-7-5-4-6-8-10)21(17,18)13-11(12(16)19-2)14-9-20-13/h4-9H,3H2,1-2H3. The number of anilines is 1. The minimum atomic E-state index is -3.86. The van der Waals surface area contributed by atoms with Crippen LogP contribution in [0.1, 0.15) is 17.4 Å². The van der Waals surface area contributed by atoms with E-state index in [1.165, 1.54) is 16.9 Å². The van der Waals surface area contributed by atoms with Gasteiger partial charge in [0.25, 0.3) is 10.0 Å². The summed E-state index contributed by atoms with van der Waals surface area (Å²) in [6.45, 7) is 1.97. The number of methoxy groups -OCH3 is 1. The maximum atomic E-state index is 12.8. The van der Waals surface area contributed by atoms with Crippen LogP contribution in [0, 0.1) is 0 Å². The minimum Gasteiger partial charge on any atom is -0.464 e. The van der Waals surface area contributed by atoms with E-state index >= 15 is 0 Å². The quantitative estimate of drug-likeness (QED) is 0.787. The molecule has 0 amide bonds. The first-order valence-corrected chi connectivity index (χ1v) is 8.44. The van der Waals surface area contributed by atoms with Crippen molar-refractivity contribution in [1.82, 2.24) is 4.98 Å².